The van der Waals surface area contributed by atoms with Crippen LogP contribution in [0.5, 0.6) is 11.5 Å². The Hall–Kier alpha value is -4.91. The Morgan fingerprint density at radius 2 is 1.39 bits per heavy atom. The average Bonchev–Trinajstić information content (AvgIpc) is 3.89. The summed E-state index contributed by atoms with van der Waals surface area (Å²) in [6.07, 6.45) is 9.39. The van der Waals surface area contributed by atoms with Crippen molar-refractivity contribution in [2.75, 3.05) is 26.2 Å². The molecular weight excluding hydrogens is 741 g/mol. The second kappa shape index (κ2) is 17.1. The number of nitriles is 1. The van der Waals surface area contributed by atoms with Crippen molar-refractivity contribution in [2.24, 2.45) is 0 Å². The number of fused-ring (bicyclic) bond motifs is 1. The molecule has 8 rings (SSSR count). The summed E-state index contributed by atoms with van der Waals surface area (Å²) >= 11 is 13.7. The molecule has 0 bridgehead atoms. The van der Waals surface area contributed by atoms with Gasteiger partial charge in [-0.25, -0.2) is 4.98 Å². The molecule has 4 aromatic carbocycles. The predicted molar refractivity (Wildman–Crippen MR) is 222 cm³/mol. The fourth-order valence-corrected chi connectivity index (χ4v) is 8.51. The molecule has 4 heterocycles. The first-order chi connectivity index (χ1) is 27.3. The number of hydrogen-bond donors (Lipinski definition) is 0. The van der Waals surface area contributed by atoms with E-state index < -0.39 is 0 Å². The zero-order valence-electron chi connectivity index (χ0n) is 31.9. The van der Waals surface area contributed by atoms with E-state index in [1.165, 1.54) is 32.1 Å². The molecule has 0 aliphatic carbocycles. The van der Waals surface area contributed by atoms with Gasteiger partial charge in [-0.05, 0) is 129 Å². The van der Waals surface area contributed by atoms with Crippen LogP contribution in [0.3, 0.4) is 0 Å². The summed E-state index contributed by atoms with van der Waals surface area (Å²) in [5.74, 6) is 1.81. The van der Waals surface area contributed by atoms with Gasteiger partial charge in [-0.15, -0.1) is 0 Å². The van der Waals surface area contributed by atoms with Gasteiger partial charge in [0.2, 0.25) is 5.89 Å². The first kappa shape index (κ1) is 38.0. The van der Waals surface area contributed by atoms with Crippen LogP contribution in [0.25, 0.3) is 33.7 Å². The van der Waals surface area contributed by atoms with E-state index >= 15 is 0 Å². The van der Waals surface area contributed by atoms with Crippen LogP contribution < -0.4 is 9.47 Å². The molecule has 6 aromatic rings. The van der Waals surface area contributed by atoms with Gasteiger partial charge in [0.25, 0.3) is 0 Å². The highest BCUT2D eigenvalue weighted by Gasteiger charge is 2.21. The maximum atomic E-state index is 9.36. The van der Waals surface area contributed by atoms with Gasteiger partial charge in [0, 0.05) is 48.2 Å². The minimum absolute atomic E-state index is 0.270. The van der Waals surface area contributed by atoms with Gasteiger partial charge in [0.15, 0.2) is 5.58 Å². The predicted octanol–water partition coefficient (Wildman–Crippen LogP) is 11.1. The number of likely N-dealkylation sites (tertiary alicyclic amines) is 2. The number of benzene rings is 4. The topological polar surface area (TPSA) is 87.7 Å². The summed E-state index contributed by atoms with van der Waals surface area (Å²) in [5, 5.41) is 10.5. The zero-order valence-corrected chi connectivity index (χ0v) is 33.4. The lowest BCUT2D eigenvalue weighted by Crippen LogP contribution is -2.29. The van der Waals surface area contributed by atoms with Gasteiger partial charge in [-0.2, -0.15) is 5.26 Å². The van der Waals surface area contributed by atoms with E-state index in [0.29, 0.717) is 45.2 Å². The van der Waals surface area contributed by atoms with Crippen molar-refractivity contribution in [1.82, 2.24) is 19.8 Å². The van der Waals surface area contributed by atoms with Crippen LogP contribution in [0.1, 0.15) is 71.0 Å². The van der Waals surface area contributed by atoms with Crippen molar-refractivity contribution in [3.8, 4) is 40.1 Å². The molecule has 2 aliphatic heterocycles. The lowest BCUT2D eigenvalue weighted by atomic mass is 9.91. The SMILES string of the molecule is Cc1c(COc2cc(OCc3cncc(C#N)c3)c(CN3CCCCC3)cc2Cl)cccc1-c1cccc(-c2nc3cc(CN4CCCC4)cc(Cl)c3o2)c1C. The number of ether oxygens (including phenoxy) is 2. The fraction of sp³-hybridized carbons (Fsp3) is 0.326. The quantitative estimate of drug-likeness (QED) is 0.121. The molecule has 0 unspecified atom stereocenters. The number of nitrogens with zero attached hydrogens (tertiary/aromatic N) is 5. The molecule has 0 N–H and O–H groups in total. The number of oxazole rings is 1. The van der Waals surface area contributed by atoms with Crippen molar-refractivity contribution < 1.29 is 13.9 Å². The normalized spacial score (nSPS) is 15.0. The molecule has 0 radical (unpaired) electrons. The summed E-state index contributed by atoms with van der Waals surface area (Å²) in [4.78, 5) is 14.0. The van der Waals surface area contributed by atoms with Crippen LogP contribution in [-0.2, 0) is 26.3 Å². The number of piperidine rings is 1. The van der Waals surface area contributed by atoms with Crippen LogP contribution in [0.4, 0.5) is 0 Å². The molecule has 2 aromatic heterocycles. The van der Waals surface area contributed by atoms with Gasteiger partial charge in [-0.3, -0.25) is 14.8 Å². The number of hydrogen-bond acceptors (Lipinski definition) is 8. The Morgan fingerprint density at radius 1 is 0.696 bits per heavy atom. The molecule has 286 valence electrons. The van der Waals surface area contributed by atoms with Crippen molar-refractivity contribution in [3.05, 3.63) is 128 Å². The monoisotopic (exact) mass is 785 g/mol. The van der Waals surface area contributed by atoms with E-state index in [9.17, 15) is 5.26 Å². The molecule has 2 fully saturated rings. The van der Waals surface area contributed by atoms with E-state index in [1.807, 2.05) is 18.2 Å². The van der Waals surface area contributed by atoms with E-state index in [4.69, 9.17) is 42.1 Å². The average molecular weight is 787 g/mol. The molecule has 2 aliphatic rings. The maximum Gasteiger partial charge on any atom is 0.227 e. The molecule has 8 nitrogen and oxygen atoms in total. The van der Waals surface area contributed by atoms with E-state index in [2.05, 4.69) is 77.2 Å². The van der Waals surface area contributed by atoms with E-state index in [-0.39, 0.29) is 6.61 Å². The molecule has 0 saturated carbocycles. The maximum absolute atomic E-state index is 9.36. The van der Waals surface area contributed by atoms with Crippen LogP contribution in [0.15, 0.2) is 83.5 Å². The molecule has 0 spiro atoms. The van der Waals surface area contributed by atoms with Gasteiger partial charge in [0.05, 0.1) is 15.6 Å². The van der Waals surface area contributed by atoms with E-state index in [0.717, 1.165) is 94.9 Å². The molecule has 10 heteroatoms. The summed E-state index contributed by atoms with van der Waals surface area (Å²) < 4.78 is 19.2. The van der Waals surface area contributed by atoms with Crippen molar-refractivity contribution in [2.45, 2.75) is 72.3 Å². The Morgan fingerprint density at radius 3 is 2.18 bits per heavy atom. The Kier molecular flexibility index (Phi) is 11.6. The van der Waals surface area contributed by atoms with Crippen molar-refractivity contribution >= 4 is 34.3 Å². The van der Waals surface area contributed by atoms with Crippen molar-refractivity contribution in [1.29, 1.82) is 5.26 Å². The Bertz CT molecular complexity index is 2410. The molecule has 0 amide bonds. The van der Waals surface area contributed by atoms with Crippen LogP contribution >= 0.6 is 23.2 Å². The third-order valence-corrected chi connectivity index (χ3v) is 11.6. The van der Waals surface area contributed by atoms with Crippen molar-refractivity contribution in [3.63, 3.8) is 0 Å². The molecule has 0 atom stereocenters. The van der Waals surface area contributed by atoms with Gasteiger partial charge in [-0.1, -0.05) is 60.0 Å². The summed E-state index contributed by atoms with van der Waals surface area (Å²) in [7, 11) is 0. The number of pyridine rings is 1. The van der Waals surface area contributed by atoms with Crippen LogP contribution in [-0.4, -0.2) is 45.9 Å². The fourth-order valence-electron chi connectivity index (χ4n) is 7.99. The van der Waals surface area contributed by atoms with Gasteiger partial charge < -0.3 is 13.9 Å². The number of halogens is 2. The highest BCUT2D eigenvalue weighted by molar-refractivity contribution is 6.34. The standard InChI is InChI=1S/C46H45Cl2N5O3/c1-30-35(29-55-44-22-43(54-28-34-18-33(23-49)24-50-25-34)36(21-40(44)47)27-53-14-4-3-5-15-53)10-8-11-37(30)38-12-9-13-39(31(38)2)46-51-42-20-32(19-41(48)45(42)56-46)26-52-16-6-7-17-52/h8-13,18-22,24-25H,3-7,14-17,26-29H2,1-2H3. The number of rotatable bonds is 12. The lowest BCUT2D eigenvalue weighted by molar-refractivity contribution is 0.214. The zero-order chi connectivity index (χ0) is 38.6. The minimum Gasteiger partial charge on any atom is -0.488 e. The first-order valence-electron chi connectivity index (χ1n) is 19.5. The third-order valence-electron chi connectivity index (χ3n) is 11.1. The largest absolute Gasteiger partial charge is 0.488 e. The molecular formula is C46H45Cl2N5O3. The first-order valence-corrected chi connectivity index (χ1v) is 20.2. The second-order valence-corrected chi connectivity index (χ2v) is 15.8. The minimum atomic E-state index is 0.270. The third kappa shape index (κ3) is 8.42. The summed E-state index contributed by atoms with van der Waals surface area (Å²) in [6.45, 7) is 10.8. The lowest BCUT2D eigenvalue weighted by Gasteiger charge is -2.27. The summed E-state index contributed by atoms with van der Waals surface area (Å²) in [5.41, 5.74) is 11.2. The number of aromatic nitrogens is 2. The highest BCUT2D eigenvalue weighted by Crippen LogP contribution is 2.39. The summed E-state index contributed by atoms with van der Waals surface area (Å²) in [6, 6.07) is 24.5. The Balaban J connectivity index is 1.03. The van der Waals surface area contributed by atoms with Crippen LogP contribution in [0, 0.1) is 25.2 Å². The molecule has 2 saturated heterocycles. The Labute approximate surface area is 338 Å². The second-order valence-electron chi connectivity index (χ2n) is 15.0. The highest BCUT2D eigenvalue weighted by atomic mass is 35.5. The van der Waals surface area contributed by atoms with Gasteiger partial charge >= 0.3 is 0 Å². The van der Waals surface area contributed by atoms with Gasteiger partial charge in [0.1, 0.15) is 36.3 Å². The molecule has 56 heavy (non-hydrogen) atoms. The van der Waals surface area contributed by atoms with E-state index in [1.54, 1.807) is 18.5 Å². The smallest absolute Gasteiger partial charge is 0.227 e. The van der Waals surface area contributed by atoms with Crippen LogP contribution in [0.2, 0.25) is 10.0 Å².